The average molecular weight is 186 g/mol. The van der Waals surface area contributed by atoms with Crippen molar-refractivity contribution in [3.8, 4) is 11.8 Å². The van der Waals surface area contributed by atoms with Crippen LogP contribution in [0.2, 0.25) is 0 Å². The number of aryl methyl sites for hydroxylation is 1. The minimum Gasteiger partial charge on any atom is -0.495 e. The van der Waals surface area contributed by atoms with Crippen molar-refractivity contribution < 1.29 is 4.74 Å². The van der Waals surface area contributed by atoms with E-state index in [1.807, 2.05) is 29.9 Å². The summed E-state index contributed by atoms with van der Waals surface area (Å²) < 4.78 is 7.23. The van der Waals surface area contributed by atoms with Crippen molar-refractivity contribution in [3.05, 3.63) is 30.0 Å². The minimum atomic E-state index is 0.575. The number of benzene rings is 1. The van der Waals surface area contributed by atoms with Gasteiger partial charge in [0.1, 0.15) is 11.8 Å². The summed E-state index contributed by atoms with van der Waals surface area (Å²) >= 11 is 0. The zero-order chi connectivity index (χ0) is 10.1. The first-order chi connectivity index (χ1) is 6.77. The van der Waals surface area contributed by atoms with Gasteiger partial charge in [0.25, 0.3) is 0 Å². The van der Waals surface area contributed by atoms with Crippen molar-refractivity contribution in [1.29, 1.82) is 5.26 Å². The number of hydrogen-bond acceptors (Lipinski definition) is 2. The molecule has 0 unspecified atom stereocenters. The molecular weight excluding hydrogens is 176 g/mol. The second-order valence-corrected chi connectivity index (χ2v) is 3.12. The number of nitrogens with zero attached hydrogens (tertiary/aromatic N) is 2. The van der Waals surface area contributed by atoms with Crippen LogP contribution in [-0.4, -0.2) is 11.7 Å². The Morgan fingerprint density at radius 1 is 1.36 bits per heavy atom. The molecule has 0 saturated heterocycles. The molecule has 14 heavy (non-hydrogen) atoms. The van der Waals surface area contributed by atoms with Crippen LogP contribution in [-0.2, 0) is 7.05 Å². The van der Waals surface area contributed by atoms with E-state index in [-0.39, 0.29) is 0 Å². The Bertz CT molecular complexity index is 520. The average Bonchev–Trinajstić information content (AvgIpc) is 2.59. The maximum absolute atomic E-state index is 8.88. The van der Waals surface area contributed by atoms with E-state index < -0.39 is 0 Å². The number of hydrogen-bond donors (Lipinski definition) is 0. The summed E-state index contributed by atoms with van der Waals surface area (Å²) in [7, 11) is 3.55. The molecule has 0 atom stereocenters. The quantitative estimate of drug-likeness (QED) is 0.683. The van der Waals surface area contributed by atoms with Gasteiger partial charge in [-0.25, -0.2) is 0 Å². The summed E-state index contributed by atoms with van der Waals surface area (Å²) in [6.45, 7) is 0. The lowest BCUT2D eigenvalue weighted by molar-refractivity contribution is 0.418. The lowest BCUT2D eigenvalue weighted by Gasteiger charge is -2.04. The second kappa shape index (κ2) is 3.08. The molecular formula is C11H10N2O. The highest BCUT2D eigenvalue weighted by atomic mass is 16.5. The van der Waals surface area contributed by atoms with Gasteiger partial charge in [0, 0.05) is 18.6 Å². The lowest BCUT2D eigenvalue weighted by Crippen LogP contribution is -1.90. The van der Waals surface area contributed by atoms with Gasteiger partial charge in [-0.05, 0) is 18.2 Å². The Morgan fingerprint density at radius 2 is 2.14 bits per heavy atom. The number of nitriles is 1. The van der Waals surface area contributed by atoms with Crippen LogP contribution in [0, 0.1) is 11.3 Å². The van der Waals surface area contributed by atoms with Crippen molar-refractivity contribution in [2.45, 2.75) is 0 Å². The first-order valence-corrected chi connectivity index (χ1v) is 4.30. The Labute approximate surface area is 82.1 Å². The molecule has 0 N–H and O–H groups in total. The topological polar surface area (TPSA) is 37.9 Å². The molecule has 0 aliphatic heterocycles. The summed E-state index contributed by atoms with van der Waals surface area (Å²) in [6.07, 6.45) is 1.95. The molecule has 1 aromatic carbocycles. The molecule has 70 valence electrons. The maximum Gasteiger partial charge on any atom is 0.145 e. The molecule has 0 amide bonds. The zero-order valence-corrected chi connectivity index (χ0v) is 8.11. The SMILES string of the molecule is COc1c(C#N)ccc2c1ccn2C. The van der Waals surface area contributed by atoms with E-state index in [0.717, 1.165) is 10.9 Å². The molecule has 0 bridgehead atoms. The van der Waals surface area contributed by atoms with E-state index in [2.05, 4.69) is 6.07 Å². The number of methoxy groups -OCH3 is 1. The van der Waals surface area contributed by atoms with Crippen molar-refractivity contribution in [3.63, 3.8) is 0 Å². The van der Waals surface area contributed by atoms with Gasteiger partial charge < -0.3 is 9.30 Å². The Kier molecular flexibility index (Phi) is 1.90. The molecule has 0 spiro atoms. The van der Waals surface area contributed by atoms with E-state index >= 15 is 0 Å². The second-order valence-electron chi connectivity index (χ2n) is 3.12. The van der Waals surface area contributed by atoms with E-state index in [1.165, 1.54) is 0 Å². The third kappa shape index (κ3) is 1.05. The summed E-state index contributed by atoms with van der Waals surface area (Å²) in [6, 6.07) is 7.77. The van der Waals surface area contributed by atoms with Gasteiger partial charge in [-0.15, -0.1) is 0 Å². The summed E-state index contributed by atoms with van der Waals surface area (Å²) in [5, 5.41) is 9.86. The molecule has 0 saturated carbocycles. The van der Waals surface area contributed by atoms with Gasteiger partial charge in [0.2, 0.25) is 0 Å². The predicted molar refractivity (Wildman–Crippen MR) is 54.2 cm³/mol. The predicted octanol–water partition coefficient (Wildman–Crippen LogP) is 2.06. The highest BCUT2D eigenvalue weighted by Crippen LogP contribution is 2.29. The summed E-state index contributed by atoms with van der Waals surface area (Å²) in [4.78, 5) is 0. The minimum absolute atomic E-state index is 0.575. The smallest absolute Gasteiger partial charge is 0.145 e. The number of aromatic nitrogens is 1. The lowest BCUT2D eigenvalue weighted by atomic mass is 10.1. The summed E-state index contributed by atoms with van der Waals surface area (Å²) in [5.74, 6) is 0.658. The molecule has 3 heteroatoms. The molecule has 3 nitrogen and oxygen atoms in total. The Hall–Kier alpha value is -1.95. The monoisotopic (exact) mass is 186 g/mol. The molecule has 0 fully saturated rings. The van der Waals surface area contributed by atoms with Crippen LogP contribution < -0.4 is 4.74 Å². The van der Waals surface area contributed by atoms with Crippen molar-refractivity contribution >= 4 is 10.9 Å². The van der Waals surface area contributed by atoms with E-state index in [9.17, 15) is 0 Å². The molecule has 1 heterocycles. The highest BCUT2D eigenvalue weighted by molar-refractivity contribution is 5.88. The van der Waals surface area contributed by atoms with Gasteiger partial charge in [-0.1, -0.05) is 0 Å². The van der Waals surface area contributed by atoms with Crippen LogP contribution in [0.3, 0.4) is 0 Å². The third-order valence-electron chi connectivity index (χ3n) is 2.34. The third-order valence-corrected chi connectivity index (χ3v) is 2.34. The standard InChI is InChI=1S/C11H10N2O/c1-13-6-5-9-10(13)4-3-8(7-12)11(9)14-2/h3-6H,1-2H3. The maximum atomic E-state index is 8.88. The molecule has 0 aliphatic carbocycles. The van der Waals surface area contributed by atoms with E-state index in [4.69, 9.17) is 10.00 Å². The fourth-order valence-electron chi connectivity index (χ4n) is 1.63. The van der Waals surface area contributed by atoms with Crippen LogP contribution >= 0.6 is 0 Å². The number of fused-ring (bicyclic) bond motifs is 1. The first kappa shape index (κ1) is 8.64. The van der Waals surface area contributed by atoms with E-state index in [0.29, 0.717) is 11.3 Å². The van der Waals surface area contributed by atoms with Crippen molar-refractivity contribution in [1.82, 2.24) is 4.57 Å². The zero-order valence-electron chi connectivity index (χ0n) is 8.11. The van der Waals surface area contributed by atoms with Gasteiger partial charge >= 0.3 is 0 Å². The normalized spacial score (nSPS) is 10.1. The Morgan fingerprint density at radius 3 is 2.79 bits per heavy atom. The molecule has 1 aromatic heterocycles. The van der Waals surface area contributed by atoms with Crippen molar-refractivity contribution in [2.24, 2.45) is 7.05 Å². The highest BCUT2D eigenvalue weighted by Gasteiger charge is 2.09. The van der Waals surface area contributed by atoms with Crippen LogP contribution in [0.4, 0.5) is 0 Å². The van der Waals surface area contributed by atoms with Crippen LogP contribution in [0.1, 0.15) is 5.56 Å². The van der Waals surface area contributed by atoms with Crippen LogP contribution in [0.25, 0.3) is 10.9 Å². The van der Waals surface area contributed by atoms with Crippen LogP contribution in [0.15, 0.2) is 24.4 Å². The Balaban J connectivity index is 2.86. The molecule has 0 aliphatic rings. The molecule has 0 radical (unpaired) electrons. The first-order valence-electron chi connectivity index (χ1n) is 4.30. The number of ether oxygens (including phenoxy) is 1. The molecule has 2 aromatic rings. The fourth-order valence-corrected chi connectivity index (χ4v) is 1.63. The van der Waals surface area contributed by atoms with Gasteiger partial charge in [-0.3, -0.25) is 0 Å². The van der Waals surface area contributed by atoms with Crippen molar-refractivity contribution in [2.75, 3.05) is 7.11 Å². The van der Waals surface area contributed by atoms with E-state index in [1.54, 1.807) is 13.2 Å². The van der Waals surface area contributed by atoms with Crippen LogP contribution in [0.5, 0.6) is 5.75 Å². The largest absolute Gasteiger partial charge is 0.495 e. The molecule has 2 rings (SSSR count). The number of rotatable bonds is 1. The van der Waals surface area contributed by atoms with Gasteiger partial charge in [-0.2, -0.15) is 5.26 Å². The summed E-state index contributed by atoms with van der Waals surface area (Å²) in [5.41, 5.74) is 1.65. The van der Waals surface area contributed by atoms with Gasteiger partial charge in [0.05, 0.1) is 18.2 Å². The fraction of sp³-hybridized carbons (Fsp3) is 0.182. The van der Waals surface area contributed by atoms with Gasteiger partial charge in [0.15, 0.2) is 0 Å².